The van der Waals surface area contributed by atoms with Crippen LogP contribution in [0.25, 0.3) is 0 Å². The first-order chi connectivity index (χ1) is 9.45. The molecule has 2 rings (SSSR count). The van der Waals surface area contributed by atoms with Crippen LogP contribution in [0.3, 0.4) is 0 Å². The lowest BCUT2D eigenvalue weighted by Crippen LogP contribution is -2.06. The van der Waals surface area contributed by atoms with Crippen LogP contribution in [0.1, 0.15) is 29.8 Å². The van der Waals surface area contributed by atoms with Gasteiger partial charge in [0.15, 0.2) is 5.78 Å². The van der Waals surface area contributed by atoms with E-state index in [1.54, 1.807) is 42.5 Å². The van der Waals surface area contributed by atoms with Gasteiger partial charge in [0.2, 0.25) is 0 Å². The van der Waals surface area contributed by atoms with Gasteiger partial charge in [0.05, 0.1) is 6.10 Å². The molecule has 0 amide bonds. The maximum Gasteiger partial charge on any atom is 0.193 e. The molecule has 0 saturated heterocycles. The highest BCUT2D eigenvalue weighted by Crippen LogP contribution is 2.21. The van der Waals surface area contributed by atoms with E-state index in [2.05, 4.69) is 15.9 Å². The van der Waals surface area contributed by atoms with Crippen LogP contribution in [0, 0.1) is 0 Å². The summed E-state index contributed by atoms with van der Waals surface area (Å²) in [5.41, 5.74) is 7.48. The Hall–Kier alpha value is -1.81. The third-order valence-electron chi connectivity index (χ3n) is 2.67. The SMILES string of the molecule is CC(C)Oc1ccc(C(=O)c2cc(N)cc(Br)c2)cc1. The first-order valence-electron chi connectivity index (χ1n) is 6.33. The monoisotopic (exact) mass is 333 g/mol. The van der Waals surface area contributed by atoms with Crippen molar-refractivity contribution in [2.75, 3.05) is 5.73 Å². The summed E-state index contributed by atoms with van der Waals surface area (Å²) in [6.45, 7) is 3.92. The Morgan fingerprint density at radius 3 is 2.30 bits per heavy atom. The fourth-order valence-electron chi connectivity index (χ4n) is 1.87. The van der Waals surface area contributed by atoms with Gasteiger partial charge in [-0.1, -0.05) is 15.9 Å². The maximum absolute atomic E-state index is 12.4. The molecule has 0 aliphatic heterocycles. The molecule has 0 fully saturated rings. The average Bonchev–Trinajstić information content (AvgIpc) is 2.37. The number of anilines is 1. The zero-order valence-corrected chi connectivity index (χ0v) is 13.0. The molecule has 2 aromatic rings. The highest BCUT2D eigenvalue weighted by Gasteiger charge is 2.10. The molecule has 0 spiro atoms. The highest BCUT2D eigenvalue weighted by molar-refractivity contribution is 9.10. The van der Waals surface area contributed by atoms with Crippen molar-refractivity contribution in [3.63, 3.8) is 0 Å². The van der Waals surface area contributed by atoms with Crippen LogP contribution >= 0.6 is 15.9 Å². The van der Waals surface area contributed by atoms with Crippen LogP contribution in [0.5, 0.6) is 5.75 Å². The average molecular weight is 334 g/mol. The number of rotatable bonds is 4. The summed E-state index contributed by atoms with van der Waals surface area (Å²) in [5.74, 6) is 0.694. The van der Waals surface area contributed by atoms with Crippen molar-refractivity contribution in [2.45, 2.75) is 20.0 Å². The van der Waals surface area contributed by atoms with E-state index in [1.165, 1.54) is 0 Å². The molecule has 0 unspecified atom stereocenters. The molecule has 4 heteroatoms. The number of halogens is 1. The third kappa shape index (κ3) is 3.61. The molecule has 0 aliphatic carbocycles. The lowest BCUT2D eigenvalue weighted by atomic mass is 10.0. The van der Waals surface area contributed by atoms with Gasteiger partial charge in [0.1, 0.15) is 5.75 Å². The van der Waals surface area contributed by atoms with Crippen LogP contribution in [0.4, 0.5) is 5.69 Å². The molecule has 2 N–H and O–H groups in total. The molecule has 0 aliphatic rings. The number of nitrogens with two attached hydrogens (primary N) is 1. The normalized spacial score (nSPS) is 10.6. The van der Waals surface area contributed by atoms with Crippen molar-refractivity contribution < 1.29 is 9.53 Å². The summed E-state index contributed by atoms with van der Waals surface area (Å²) < 4.78 is 6.35. The maximum atomic E-state index is 12.4. The fourth-order valence-corrected chi connectivity index (χ4v) is 2.38. The van der Waals surface area contributed by atoms with Gasteiger partial charge in [0.25, 0.3) is 0 Å². The second-order valence-electron chi connectivity index (χ2n) is 4.79. The summed E-state index contributed by atoms with van der Waals surface area (Å²) in [6, 6.07) is 12.3. The van der Waals surface area contributed by atoms with Crippen LogP contribution in [0.15, 0.2) is 46.9 Å². The minimum absolute atomic E-state index is 0.0610. The second-order valence-corrected chi connectivity index (χ2v) is 5.71. The topological polar surface area (TPSA) is 52.3 Å². The van der Waals surface area contributed by atoms with E-state index in [4.69, 9.17) is 10.5 Å². The van der Waals surface area contributed by atoms with E-state index in [9.17, 15) is 4.79 Å². The van der Waals surface area contributed by atoms with Gasteiger partial charge in [-0.2, -0.15) is 0 Å². The van der Waals surface area contributed by atoms with Gasteiger partial charge in [-0.05, 0) is 56.3 Å². The Labute approximate surface area is 126 Å². The first kappa shape index (κ1) is 14.6. The lowest BCUT2D eigenvalue weighted by molar-refractivity contribution is 0.103. The van der Waals surface area contributed by atoms with Crippen molar-refractivity contribution in [3.8, 4) is 5.75 Å². The molecular formula is C16H16BrNO2. The largest absolute Gasteiger partial charge is 0.491 e. The second kappa shape index (κ2) is 6.09. The highest BCUT2D eigenvalue weighted by atomic mass is 79.9. The van der Waals surface area contributed by atoms with E-state index in [-0.39, 0.29) is 11.9 Å². The number of ether oxygens (including phenoxy) is 1. The molecule has 0 heterocycles. The fraction of sp³-hybridized carbons (Fsp3) is 0.188. The summed E-state index contributed by atoms with van der Waals surface area (Å²) >= 11 is 3.34. The lowest BCUT2D eigenvalue weighted by Gasteiger charge is -2.10. The Kier molecular flexibility index (Phi) is 4.45. The molecule has 3 nitrogen and oxygen atoms in total. The molecule has 104 valence electrons. The molecule has 2 aromatic carbocycles. The van der Waals surface area contributed by atoms with Gasteiger partial charge < -0.3 is 10.5 Å². The molecule has 0 bridgehead atoms. The van der Waals surface area contributed by atoms with Crippen molar-refractivity contribution in [3.05, 3.63) is 58.1 Å². The van der Waals surface area contributed by atoms with E-state index in [0.29, 0.717) is 16.8 Å². The van der Waals surface area contributed by atoms with Gasteiger partial charge in [0, 0.05) is 21.3 Å². The quantitative estimate of drug-likeness (QED) is 0.678. The zero-order valence-electron chi connectivity index (χ0n) is 11.4. The van der Waals surface area contributed by atoms with Crippen molar-refractivity contribution in [1.82, 2.24) is 0 Å². The first-order valence-corrected chi connectivity index (χ1v) is 7.12. The summed E-state index contributed by atoms with van der Waals surface area (Å²) in [4.78, 5) is 12.4. The number of hydrogen-bond acceptors (Lipinski definition) is 3. The van der Waals surface area contributed by atoms with E-state index < -0.39 is 0 Å². The predicted octanol–water partition coefficient (Wildman–Crippen LogP) is 4.05. The van der Waals surface area contributed by atoms with E-state index in [0.717, 1.165) is 10.2 Å². The molecule has 0 saturated carbocycles. The minimum Gasteiger partial charge on any atom is -0.491 e. The Morgan fingerprint density at radius 1 is 1.10 bits per heavy atom. The van der Waals surface area contributed by atoms with Crippen LogP contribution in [-0.4, -0.2) is 11.9 Å². The van der Waals surface area contributed by atoms with Gasteiger partial charge in [-0.25, -0.2) is 0 Å². The summed E-state index contributed by atoms with van der Waals surface area (Å²) in [7, 11) is 0. The number of ketones is 1. The third-order valence-corrected chi connectivity index (χ3v) is 3.13. The Bertz CT molecular complexity index is 601. The van der Waals surface area contributed by atoms with Crippen LogP contribution in [0.2, 0.25) is 0 Å². The number of benzene rings is 2. The molecule has 0 aromatic heterocycles. The minimum atomic E-state index is -0.0610. The van der Waals surface area contributed by atoms with Crippen molar-refractivity contribution in [2.24, 2.45) is 0 Å². The van der Waals surface area contributed by atoms with Gasteiger partial charge >= 0.3 is 0 Å². The van der Waals surface area contributed by atoms with Gasteiger partial charge in [-0.15, -0.1) is 0 Å². The number of nitrogen functional groups attached to an aromatic ring is 1. The number of hydrogen-bond donors (Lipinski definition) is 1. The zero-order chi connectivity index (χ0) is 14.7. The Balaban J connectivity index is 2.24. The Morgan fingerprint density at radius 2 is 1.75 bits per heavy atom. The molecular weight excluding hydrogens is 318 g/mol. The molecule has 0 radical (unpaired) electrons. The van der Waals surface area contributed by atoms with Crippen molar-refractivity contribution in [1.29, 1.82) is 0 Å². The molecule has 0 atom stereocenters. The number of carbonyl (C=O) groups excluding carboxylic acids is 1. The van der Waals surface area contributed by atoms with Crippen molar-refractivity contribution >= 4 is 27.4 Å². The van der Waals surface area contributed by atoms with E-state index >= 15 is 0 Å². The summed E-state index contributed by atoms with van der Waals surface area (Å²) in [6.07, 6.45) is 0.112. The smallest absolute Gasteiger partial charge is 0.193 e. The summed E-state index contributed by atoms with van der Waals surface area (Å²) in [5, 5.41) is 0. The molecule has 20 heavy (non-hydrogen) atoms. The number of carbonyl (C=O) groups is 1. The predicted molar refractivity (Wildman–Crippen MR) is 84.2 cm³/mol. The standard InChI is InChI=1S/C16H16BrNO2/c1-10(2)20-15-5-3-11(4-6-15)16(19)12-7-13(17)9-14(18)8-12/h3-10H,18H2,1-2H3. The van der Waals surface area contributed by atoms with Crippen LogP contribution < -0.4 is 10.5 Å². The van der Waals surface area contributed by atoms with E-state index in [1.807, 2.05) is 13.8 Å². The van der Waals surface area contributed by atoms with Gasteiger partial charge in [-0.3, -0.25) is 4.79 Å². The van der Waals surface area contributed by atoms with Crippen LogP contribution in [-0.2, 0) is 0 Å².